The molecule has 7 rings (SSSR count). The lowest BCUT2D eigenvalue weighted by Crippen LogP contribution is -2.69. The molecular weight excluding hydrogens is 310 g/mol. The van der Waals surface area contributed by atoms with E-state index in [-0.39, 0.29) is 35.5 Å². The maximum absolute atomic E-state index is 13.4. The van der Waals surface area contributed by atoms with Gasteiger partial charge < -0.3 is 0 Å². The quantitative estimate of drug-likeness (QED) is 0.576. The highest BCUT2D eigenvalue weighted by Gasteiger charge is 2.76. The molecule has 128 valence electrons. The van der Waals surface area contributed by atoms with Gasteiger partial charge in [0.15, 0.2) is 0 Å². The third-order valence-corrected chi connectivity index (χ3v) is 8.49. The van der Waals surface area contributed by atoms with Crippen molar-refractivity contribution in [3.05, 3.63) is 42.5 Å². The summed E-state index contributed by atoms with van der Waals surface area (Å²) < 4.78 is 0. The number of carbonyl (C=O) groups is 2. The van der Waals surface area contributed by atoms with Crippen LogP contribution in [0.25, 0.3) is 0 Å². The molecule has 0 aromatic heterocycles. The molecule has 1 aromatic carbocycles. The third kappa shape index (κ3) is 1.39. The Balaban J connectivity index is 1.50. The number of hydrogen-bond donors (Lipinski definition) is 0. The number of nitrogens with zero attached hydrogens (tertiary/aromatic N) is 1. The van der Waals surface area contributed by atoms with E-state index in [1.807, 2.05) is 30.3 Å². The number of anilines is 1. The molecule has 2 amide bonds. The van der Waals surface area contributed by atoms with Crippen LogP contribution in [0.1, 0.15) is 38.5 Å². The molecule has 3 heteroatoms. The predicted molar refractivity (Wildman–Crippen MR) is 94.6 cm³/mol. The predicted octanol–water partition coefficient (Wildman–Crippen LogP) is 3.95. The van der Waals surface area contributed by atoms with Crippen LogP contribution in [0.2, 0.25) is 0 Å². The average Bonchev–Trinajstić information content (AvgIpc) is 2.90. The van der Waals surface area contributed by atoms with Gasteiger partial charge >= 0.3 is 0 Å². The SMILES string of the molecule is O=C1[C@@H]2[C@H](C(=O)N1c1ccccc1)[C@@H]1C=C[C@@H]2[C@]23CCCC[C@]12CC3. The monoisotopic (exact) mass is 333 g/mol. The van der Waals surface area contributed by atoms with Crippen molar-refractivity contribution in [1.29, 1.82) is 0 Å². The first kappa shape index (κ1) is 14.3. The standard InChI is InChI=1S/C22H23NO2/c24-19-17-15-8-9-16(22-11-5-4-10-21(15,22)12-13-22)18(17)20(25)23(19)14-6-2-1-3-7-14/h1-3,6-9,15-18H,4-5,10-13H2/t15-,16-,17-,18+,21+,22-/m0/s1. The van der Waals surface area contributed by atoms with Crippen molar-refractivity contribution < 1.29 is 9.59 Å². The number of imide groups is 1. The van der Waals surface area contributed by atoms with E-state index in [4.69, 9.17) is 0 Å². The van der Waals surface area contributed by atoms with Gasteiger partial charge in [-0.3, -0.25) is 14.5 Å². The van der Waals surface area contributed by atoms with Crippen LogP contribution >= 0.6 is 0 Å². The summed E-state index contributed by atoms with van der Waals surface area (Å²) in [5, 5.41) is 0. The van der Waals surface area contributed by atoms with Crippen LogP contribution in [0.4, 0.5) is 5.69 Å². The fraction of sp³-hybridized carbons (Fsp3) is 0.545. The minimum absolute atomic E-state index is 0.0565. The highest BCUT2D eigenvalue weighted by atomic mass is 16.2. The van der Waals surface area contributed by atoms with E-state index in [0.717, 1.165) is 5.69 Å². The minimum atomic E-state index is -0.116. The maximum Gasteiger partial charge on any atom is 0.238 e. The molecule has 0 N–H and O–H groups in total. The summed E-state index contributed by atoms with van der Waals surface area (Å²) in [6.45, 7) is 0. The van der Waals surface area contributed by atoms with Gasteiger partial charge in [0.2, 0.25) is 11.8 Å². The topological polar surface area (TPSA) is 37.4 Å². The number of benzene rings is 1. The van der Waals surface area contributed by atoms with Crippen molar-refractivity contribution in [1.82, 2.24) is 0 Å². The summed E-state index contributed by atoms with van der Waals surface area (Å²) in [6.07, 6.45) is 12.3. The Kier molecular flexibility index (Phi) is 2.53. The number of hydrogen-bond acceptors (Lipinski definition) is 2. The zero-order valence-electron chi connectivity index (χ0n) is 14.4. The van der Waals surface area contributed by atoms with E-state index in [2.05, 4.69) is 12.2 Å². The summed E-state index contributed by atoms with van der Waals surface area (Å²) in [5.74, 6) is 0.439. The first-order valence-corrected chi connectivity index (χ1v) is 9.81. The van der Waals surface area contributed by atoms with Gasteiger partial charge in [0.05, 0.1) is 17.5 Å². The van der Waals surface area contributed by atoms with Gasteiger partial charge in [0.25, 0.3) is 0 Å². The van der Waals surface area contributed by atoms with E-state index in [0.29, 0.717) is 10.8 Å². The molecule has 1 saturated heterocycles. The molecule has 0 spiro atoms. The fourth-order valence-corrected chi connectivity index (χ4v) is 7.56. The first-order chi connectivity index (χ1) is 12.2. The Morgan fingerprint density at radius 3 is 1.76 bits per heavy atom. The summed E-state index contributed by atoms with van der Waals surface area (Å²) in [4.78, 5) is 28.2. The summed E-state index contributed by atoms with van der Waals surface area (Å²) in [7, 11) is 0. The highest BCUT2D eigenvalue weighted by Crippen LogP contribution is 2.79. The van der Waals surface area contributed by atoms with Crippen molar-refractivity contribution in [3.63, 3.8) is 0 Å². The number of amides is 2. The van der Waals surface area contributed by atoms with E-state index in [1.54, 1.807) is 0 Å². The maximum atomic E-state index is 13.4. The minimum Gasteiger partial charge on any atom is -0.274 e. The van der Waals surface area contributed by atoms with Crippen LogP contribution < -0.4 is 4.90 Å². The molecule has 4 fully saturated rings. The number of para-hydroxylation sites is 1. The van der Waals surface area contributed by atoms with Crippen molar-refractivity contribution in [2.24, 2.45) is 34.5 Å². The van der Waals surface area contributed by atoms with Crippen LogP contribution in [0.5, 0.6) is 0 Å². The Bertz CT molecular complexity index is 767. The molecule has 5 aliphatic carbocycles. The Morgan fingerprint density at radius 1 is 0.760 bits per heavy atom. The van der Waals surface area contributed by atoms with E-state index in [1.165, 1.54) is 43.4 Å². The number of rotatable bonds is 1. The summed E-state index contributed by atoms with van der Waals surface area (Å²) >= 11 is 0. The van der Waals surface area contributed by atoms with Gasteiger partial charge in [0.1, 0.15) is 0 Å². The van der Waals surface area contributed by atoms with Gasteiger partial charge in [-0.15, -0.1) is 0 Å². The molecule has 6 aliphatic rings. The van der Waals surface area contributed by atoms with Gasteiger partial charge in [0, 0.05) is 0 Å². The van der Waals surface area contributed by atoms with E-state index < -0.39 is 0 Å². The average molecular weight is 333 g/mol. The van der Waals surface area contributed by atoms with Crippen LogP contribution in [0, 0.1) is 34.5 Å². The van der Waals surface area contributed by atoms with Crippen LogP contribution in [-0.2, 0) is 9.59 Å². The first-order valence-electron chi connectivity index (χ1n) is 9.81. The zero-order valence-corrected chi connectivity index (χ0v) is 14.4. The van der Waals surface area contributed by atoms with Crippen LogP contribution in [0.3, 0.4) is 0 Å². The third-order valence-electron chi connectivity index (χ3n) is 8.49. The van der Waals surface area contributed by atoms with Gasteiger partial charge in [-0.2, -0.15) is 0 Å². The molecule has 3 nitrogen and oxygen atoms in total. The molecule has 1 aromatic rings. The second-order valence-electron chi connectivity index (χ2n) is 8.85. The molecule has 25 heavy (non-hydrogen) atoms. The molecule has 3 saturated carbocycles. The molecule has 0 unspecified atom stereocenters. The molecule has 0 radical (unpaired) electrons. The van der Waals surface area contributed by atoms with Crippen molar-refractivity contribution >= 4 is 17.5 Å². The van der Waals surface area contributed by atoms with Crippen molar-refractivity contribution in [3.8, 4) is 0 Å². The van der Waals surface area contributed by atoms with Crippen molar-refractivity contribution in [2.75, 3.05) is 4.90 Å². The largest absolute Gasteiger partial charge is 0.274 e. The zero-order chi connectivity index (χ0) is 16.8. The molecule has 6 atom stereocenters. The van der Waals surface area contributed by atoms with Crippen molar-refractivity contribution in [2.45, 2.75) is 38.5 Å². The molecular formula is C22H23NO2. The second-order valence-corrected chi connectivity index (χ2v) is 8.85. The summed E-state index contributed by atoms with van der Waals surface area (Å²) in [6, 6.07) is 9.53. The van der Waals surface area contributed by atoms with Crippen LogP contribution in [-0.4, -0.2) is 11.8 Å². The molecule has 1 heterocycles. The number of allylic oxidation sites excluding steroid dienone is 2. The second kappa shape index (κ2) is 4.44. The van der Waals surface area contributed by atoms with E-state index in [9.17, 15) is 9.59 Å². The lowest BCUT2D eigenvalue weighted by atomic mass is 9.29. The lowest BCUT2D eigenvalue weighted by Gasteiger charge is -2.74. The Labute approximate surface area is 148 Å². The Hall–Kier alpha value is -1.90. The normalized spacial score (nSPS) is 46.5. The highest BCUT2D eigenvalue weighted by molar-refractivity contribution is 6.22. The summed E-state index contributed by atoms with van der Waals surface area (Å²) in [5.41, 5.74) is 1.37. The molecule has 1 aliphatic heterocycles. The van der Waals surface area contributed by atoms with Crippen LogP contribution in [0.15, 0.2) is 42.5 Å². The smallest absolute Gasteiger partial charge is 0.238 e. The number of carbonyl (C=O) groups excluding carboxylic acids is 2. The van der Waals surface area contributed by atoms with Gasteiger partial charge in [-0.05, 0) is 60.5 Å². The molecule has 2 bridgehead atoms. The van der Waals surface area contributed by atoms with Gasteiger partial charge in [-0.1, -0.05) is 43.2 Å². The van der Waals surface area contributed by atoms with E-state index >= 15 is 0 Å². The lowest BCUT2D eigenvalue weighted by molar-refractivity contribution is -0.232. The van der Waals surface area contributed by atoms with Gasteiger partial charge in [-0.25, -0.2) is 0 Å². The Morgan fingerprint density at radius 2 is 1.28 bits per heavy atom. The fourth-order valence-electron chi connectivity index (χ4n) is 7.56.